The number of hydrogen-bond donors (Lipinski definition) is 0. The average molecular weight is 772 g/mol. The van der Waals surface area contributed by atoms with Gasteiger partial charge in [-0.3, -0.25) is 0 Å². The summed E-state index contributed by atoms with van der Waals surface area (Å²) in [5.74, 6) is 0.217. The van der Waals surface area contributed by atoms with Crippen LogP contribution in [0.25, 0.3) is 85.9 Å². The van der Waals surface area contributed by atoms with Crippen molar-refractivity contribution in [1.29, 1.82) is 0 Å². The Morgan fingerprint density at radius 1 is 0.475 bits per heavy atom. The van der Waals surface area contributed by atoms with Gasteiger partial charge in [0.1, 0.15) is 11.2 Å². The van der Waals surface area contributed by atoms with E-state index in [9.17, 15) is 0 Å². The van der Waals surface area contributed by atoms with Gasteiger partial charge in [-0.1, -0.05) is 158 Å². The molecule has 9 aromatic carbocycles. The SMILES string of the molecule is C1=CCC(c2ccc(N(c3ccc4ccc5ccccc5c4c3)c3cccc4sc5cc(-c6ccccc6)ccc5c34)c3c2oc2cc(-c4ccccc4)ccc23)C=C1. The first-order valence-electron chi connectivity index (χ1n) is 20.4. The standard InChI is InChI=1S/C56H37NOS/c1-4-13-36(14-5-1)41-26-29-46-51(33-41)58-56-45(38-17-8-3-9-18-38)31-32-50(55(46)56)57(43-28-25-40-24-23-39-19-10-11-20-44(39)48(40)35-43)49-21-12-22-52-54(49)47-30-27-42(34-53(47)59-52)37-15-6-2-7-16-37/h1-17,19-35,38H,18H2. The maximum Gasteiger partial charge on any atom is 0.141 e. The molecule has 0 aliphatic heterocycles. The molecule has 278 valence electrons. The van der Waals surface area contributed by atoms with Gasteiger partial charge >= 0.3 is 0 Å². The van der Waals surface area contributed by atoms with E-state index in [1.807, 2.05) is 11.3 Å². The summed E-state index contributed by atoms with van der Waals surface area (Å²) in [5, 5.41) is 9.69. The van der Waals surface area contributed by atoms with E-state index in [2.05, 4.69) is 211 Å². The van der Waals surface area contributed by atoms with E-state index in [1.165, 1.54) is 64.0 Å². The molecule has 0 radical (unpaired) electrons. The molecule has 0 amide bonds. The molecule has 1 aliphatic carbocycles. The van der Waals surface area contributed by atoms with Gasteiger partial charge in [-0.25, -0.2) is 0 Å². The molecule has 1 unspecified atom stereocenters. The summed E-state index contributed by atoms with van der Waals surface area (Å²) in [6.45, 7) is 0. The van der Waals surface area contributed by atoms with Crippen molar-refractivity contribution in [3.8, 4) is 22.3 Å². The lowest BCUT2D eigenvalue weighted by Crippen LogP contribution is -2.11. The molecule has 1 aliphatic rings. The molecule has 2 aromatic heterocycles. The third-order valence-corrected chi connectivity index (χ3v) is 13.3. The van der Waals surface area contributed by atoms with E-state index in [0.717, 1.165) is 51.0 Å². The Morgan fingerprint density at radius 3 is 1.98 bits per heavy atom. The number of anilines is 3. The van der Waals surface area contributed by atoms with Gasteiger partial charge in [0.25, 0.3) is 0 Å². The van der Waals surface area contributed by atoms with Crippen LogP contribution in [0.1, 0.15) is 17.9 Å². The highest BCUT2D eigenvalue weighted by Crippen LogP contribution is 2.50. The highest BCUT2D eigenvalue weighted by Gasteiger charge is 2.26. The number of rotatable bonds is 6. The van der Waals surface area contributed by atoms with Crippen LogP contribution in [0.2, 0.25) is 0 Å². The second-order valence-electron chi connectivity index (χ2n) is 15.6. The van der Waals surface area contributed by atoms with E-state index >= 15 is 0 Å². The van der Waals surface area contributed by atoms with Crippen molar-refractivity contribution in [1.82, 2.24) is 0 Å². The van der Waals surface area contributed by atoms with Crippen LogP contribution in [0.3, 0.4) is 0 Å². The Balaban J connectivity index is 1.16. The number of thiophene rings is 1. The summed E-state index contributed by atoms with van der Waals surface area (Å²) in [4.78, 5) is 2.50. The van der Waals surface area contributed by atoms with Crippen LogP contribution in [0.5, 0.6) is 0 Å². The first-order valence-corrected chi connectivity index (χ1v) is 21.2. The molecule has 3 heteroatoms. The number of nitrogens with zero attached hydrogens (tertiary/aromatic N) is 1. The summed E-state index contributed by atoms with van der Waals surface area (Å²) in [7, 11) is 0. The van der Waals surface area contributed by atoms with Gasteiger partial charge in [0.15, 0.2) is 0 Å². The van der Waals surface area contributed by atoms with E-state index in [0.29, 0.717) is 0 Å². The van der Waals surface area contributed by atoms with Crippen LogP contribution >= 0.6 is 11.3 Å². The maximum atomic E-state index is 7.10. The third-order valence-electron chi connectivity index (χ3n) is 12.2. The van der Waals surface area contributed by atoms with E-state index in [1.54, 1.807) is 0 Å². The van der Waals surface area contributed by atoms with Crippen LogP contribution in [-0.2, 0) is 0 Å². The fraction of sp³-hybridized carbons (Fsp3) is 0.0357. The fourth-order valence-corrected chi connectivity index (χ4v) is 10.5. The fourth-order valence-electron chi connectivity index (χ4n) is 9.32. The molecule has 2 heterocycles. The molecular formula is C56H37NOS. The van der Waals surface area contributed by atoms with Gasteiger partial charge < -0.3 is 9.32 Å². The molecule has 0 N–H and O–H groups in total. The van der Waals surface area contributed by atoms with Crippen molar-refractivity contribution in [3.63, 3.8) is 0 Å². The number of furan rings is 1. The van der Waals surface area contributed by atoms with Gasteiger partial charge in [0.2, 0.25) is 0 Å². The van der Waals surface area contributed by atoms with Gasteiger partial charge in [0, 0.05) is 42.7 Å². The zero-order valence-electron chi connectivity index (χ0n) is 32.2. The number of benzene rings is 9. The molecule has 0 fully saturated rings. The highest BCUT2D eigenvalue weighted by molar-refractivity contribution is 7.26. The predicted octanol–water partition coefficient (Wildman–Crippen LogP) is 16.7. The summed E-state index contributed by atoms with van der Waals surface area (Å²) in [6, 6.07) is 66.6. The van der Waals surface area contributed by atoms with Crippen molar-refractivity contribution in [3.05, 3.63) is 212 Å². The molecule has 2 nitrogen and oxygen atoms in total. The first-order chi connectivity index (χ1) is 29.2. The Hall–Kier alpha value is -7.20. The van der Waals surface area contributed by atoms with Crippen molar-refractivity contribution < 1.29 is 4.42 Å². The smallest absolute Gasteiger partial charge is 0.141 e. The van der Waals surface area contributed by atoms with Gasteiger partial charge in [0.05, 0.1) is 16.8 Å². The Labute approximate surface area is 346 Å². The molecule has 0 bridgehead atoms. The summed E-state index contributed by atoms with van der Waals surface area (Å²) >= 11 is 1.87. The van der Waals surface area contributed by atoms with Crippen LogP contribution < -0.4 is 4.90 Å². The largest absolute Gasteiger partial charge is 0.456 e. The van der Waals surface area contributed by atoms with Crippen molar-refractivity contribution in [2.24, 2.45) is 0 Å². The minimum absolute atomic E-state index is 0.217. The molecule has 0 saturated heterocycles. The average Bonchev–Trinajstić information content (AvgIpc) is 3.89. The normalized spacial score (nSPS) is 14.1. The molecular weight excluding hydrogens is 735 g/mol. The molecule has 1 atom stereocenters. The molecule has 11 aromatic rings. The summed E-state index contributed by atoms with van der Waals surface area (Å²) in [5.41, 5.74) is 11.2. The lowest BCUT2D eigenvalue weighted by molar-refractivity contribution is 0.657. The minimum atomic E-state index is 0.217. The van der Waals surface area contributed by atoms with Gasteiger partial charge in [-0.2, -0.15) is 0 Å². The Kier molecular flexibility index (Phi) is 7.89. The van der Waals surface area contributed by atoms with Crippen LogP contribution in [0.15, 0.2) is 211 Å². The summed E-state index contributed by atoms with van der Waals surface area (Å²) in [6.07, 6.45) is 9.82. The van der Waals surface area contributed by atoms with Crippen LogP contribution in [0, 0.1) is 0 Å². The second kappa shape index (κ2) is 13.7. The molecule has 59 heavy (non-hydrogen) atoms. The number of hydrogen-bond acceptors (Lipinski definition) is 3. The van der Waals surface area contributed by atoms with Crippen molar-refractivity contribution >= 4 is 92.1 Å². The van der Waals surface area contributed by atoms with Gasteiger partial charge in [-0.15, -0.1) is 11.3 Å². The lowest BCUT2D eigenvalue weighted by atomic mass is 9.90. The zero-order valence-corrected chi connectivity index (χ0v) is 33.0. The second-order valence-corrected chi connectivity index (χ2v) is 16.7. The lowest BCUT2D eigenvalue weighted by Gasteiger charge is -2.28. The van der Waals surface area contributed by atoms with E-state index in [-0.39, 0.29) is 5.92 Å². The monoisotopic (exact) mass is 771 g/mol. The summed E-state index contributed by atoms with van der Waals surface area (Å²) < 4.78 is 9.64. The van der Waals surface area contributed by atoms with E-state index in [4.69, 9.17) is 4.42 Å². The zero-order chi connectivity index (χ0) is 38.9. The molecule has 12 rings (SSSR count). The van der Waals surface area contributed by atoms with Crippen LogP contribution in [-0.4, -0.2) is 0 Å². The first kappa shape index (κ1) is 33.9. The minimum Gasteiger partial charge on any atom is -0.456 e. The van der Waals surface area contributed by atoms with Crippen LogP contribution in [0.4, 0.5) is 17.1 Å². The van der Waals surface area contributed by atoms with Crippen molar-refractivity contribution in [2.45, 2.75) is 12.3 Å². The third kappa shape index (κ3) is 5.61. The molecule has 0 spiro atoms. The quantitative estimate of drug-likeness (QED) is 0.157. The Bertz CT molecular complexity index is 3480. The number of allylic oxidation sites excluding steroid dienone is 4. The topological polar surface area (TPSA) is 16.4 Å². The molecule has 0 saturated carbocycles. The van der Waals surface area contributed by atoms with E-state index < -0.39 is 0 Å². The maximum absolute atomic E-state index is 7.10. The highest BCUT2D eigenvalue weighted by atomic mass is 32.1. The van der Waals surface area contributed by atoms with Gasteiger partial charge in [-0.05, 0) is 98.8 Å². The van der Waals surface area contributed by atoms with Crippen molar-refractivity contribution in [2.75, 3.05) is 4.90 Å². The number of fused-ring (bicyclic) bond motifs is 9. The predicted molar refractivity (Wildman–Crippen MR) is 253 cm³/mol. The Morgan fingerprint density at radius 2 is 1.19 bits per heavy atom.